The molecule has 6 aromatic carbocycles. The normalized spacial score (nSPS) is 13.3. The first-order valence-corrected chi connectivity index (χ1v) is 17.7. The van der Waals surface area contributed by atoms with Gasteiger partial charge in [-0.3, -0.25) is 0 Å². The van der Waals surface area contributed by atoms with Gasteiger partial charge in [-0.05, 0) is 106 Å². The fraction of sp³-hybridized carbons (Fsp3) is 0.178. The fourth-order valence-electron chi connectivity index (χ4n) is 7.90. The summed E-state index contributed by atoms with van der Waals surface area (Å²) in [6.07, 6.45) is 0. The third-order valence-corrected chi connectivity index (χ3v) is 10.5. The van der Waals surface area contributed by atoms with Crippen LogP contribution in [0.15, 0.2) is 140 Å². The highest BCUT2D eigenvalue weighted by molar-refractivity contribution is 6.99. The molecular weight excluding hydrogens is 607 g/mol. The number of nitrogens with zero attached hydrogens (tertiary/aromatic N) is 4. The van der Waals surface area contributed by atoms with Gasteiger partial charge >= 0.3 is 0 Å². The maximum Gasteiger partial charge on any atom is 0.294 e. The van der Waals surface area contributed by atoms with E-state index in [2.05, 4.69) is 195 Å². The average Bonchev–Trinajstić information content (AvgIpc) is 3.65. The van der Waals surface area contributed by atoms with E-state index in [0.29, 0.717) is 0 Å². The highest BCUT2D eigenvalue weighted by atomic mass is 15.2. The minimum atomic E-state index is 0.0307. The summed E-state index contributed by atoms with van der Waals surface area (Å²) in [4.78, 5) is 10.1. The first kappa shape index (κ1) is 30.5. The second-order valence-electron chi connectivity index (χ2n) is 15.8. The third kappa shape index (κ3) is 4.71. The lowest BCUT2D eigenvalue weighted by molar-refractivity contribution is 0.590. The van der Waals surface area contributed by atoms with Crippen LogP contribution in [0.2, 0.25) is 0 Å². The monoisotopic (exact) mass is 648 g/mol. The summed E-state index contributed by atoms with van der Waals surface area (Å²) >= 11 is 0. The molecule has 5 heteroatoms. The van der Waals surface area contributed by atoms with Crippen LogP contribution in [0.4, 0.5) is 34.1 Å². The Labute approximate surface area is 295 Å². The Hall–Kier alpha value is -5.55. The number of rotatable bonds is 4. The van der Waals surface area contributed by atoms with Crippen LogP contribution in [-0.4, -0.2) is 16.3 Å². The van der Waals surface area contributed by atoms with E-state index in [9.17, 15) is 0 Å². The highest BCUT2D eigenvalue weighted by Crippen LogP contribution is 2.43. The van der Waals surface area contributed by atoms with E-state index in [4.69, 9.17) is 4.98 Å². The Bertz CT molecular complexity index is 2340. The minimum Gasteiger partial charge on any atom is -0.311 e. The summed E-state index contributed by atoms with van der Waals surface area (Å²) in [5.74, 6) is 0. The molecule has 3 heterocycles. The number of benzene rings is 6. The van der Waals surface area contributed by atoms with Crippen molar-refractivity contribution >= 4 is 68.5 Å². The molecule has 0 unspecified atom stereocenters. The van der Waals surface area contributed by atoms with Crippen molar-refractivity contribution in [1.82, 2.24) is 9.55 Å². The van der Waals surface area contributed by atoms with Crippen molar-refractivity contribution in [3.05, 3.63) is 151 Å². The molecule has 0 amide bonds. The Morgan fingerprint density at radius 2 is 1.12 bits per heavy atom. The van der Waals surface area contributed by atoms with E-state index in [1.807, 2.05) is 0 Å². The van der Waals surface area contributed by atoms with Crippen molar-refractivity contribution in [2.24, 2.45) is 0 Å². The molecule has 0 bridgehead atoms. The smallest absolute Gasteiger partial charge is 0.294 e. The van der Waals surface area contributed by atoms with Gasteiger partial charge in [-0.25, -0.2) is 4.98 Å². The zero-order valence-electron chi connectivity index (χ0n) is 29.6. The molecule has 1 aromatic heterocycles. The predicted molar refractivity (Wildman–Crippen MR) is 212 cm³/mol. The van der Waals surface area contributed by atoms with Crippen LogP contribution >= 0.6 is 0 Å². The largest absolute Gasteiger partial charge is 0.311 e. The van der Waals surface area contributed by atoms with Gasteiger partial charge in [0.25, 0.3) is 6.71 Å². The number of imidazole rings is 1. The molecule has 0 radical (unpaired) electrons. The Kier molecular flexibility index (Phi) is 6.70. The van der Waals surface area contributed by atoms with Gasteiger partial charge in [0.15, 0.2) is 0 Å². The van der Waals surface area contributed by atoms with Crippen LogP contribution in [0.3, 0.4) is 0 Å². The third-order valence-electron chi connectivity index (χ3n) is 10.5. The van der Waals surface area contributed by atoms with Crippen LogP contribution in [0, 0.1) is 0 Å². The summed E-state index contributed by atoms with van der Waals surface area (Å²) in [6.45, 7) is 13.7. The topological polar surface area (TPSA) is 24.3 Å². The molecule has 0 saturated heterocycles. The molecule has 244 valence electrons. The minimum absolute atomic E-state index is 0.0307. The van der Waals surface area contributed by atoms with Crippen molar-refractivity contribution in [3.8, 4) is 5.69 Å². The number of anilines is 6. The van der Waals surface area contributed by atoms with E-state index in [0.717, 1.165) is 39.5 Å². The average molecular weight is 649 g/mol. The van der Waals surface area contributed by atoms with Gasteiger partial charge in [0.2, 0.25) is 0 Å². The van der Waals surface area contributed by atoms with Crippen molar-refractivity contribution < 1.29 is 0 Å². The van der Waals surface area contributed by atoms with E-state index >= 15 is 0 Å². The van der Waals surface area contributed by atoms with E-state index < -0.39 is 0 Å². The first-order chi connectivity index (χ1) is 24.1. The zero-order valence-corrected chi connectivity index (χ0v) is 29.6. The van der Waals surface area contributed by atoms with Gasteiger partial charge in [-0.15, -0.1) is 0 Å². The summed E-state index contributed by atoms with van der Waals surface area (Å²) in [5.41, 5.74) is 16.7. The molecule has 0 aliphatic carbocycles. The summed E-state index contributed by atoms with van der Waals surface area (Å²) in [6, 6.07) is 51.3. The highest BCUT2D eigenvalue weighted by Gasteiger charge is 2.45. The molecular formula is C45H41BN4. The molecule has 0 atom stereocenters. The number of para-hydroxylation sites is 3. The lowest BCUT2D eigenvalue weighted by atomic mass is 9.39. The van der Waals surface area contributed by atoms with Crippen molar-refractivity contribution in [1.29, 1.82) is 0 Å². The number of hydrogen-bond acceptors (Lipinski definition) is 3. The maximum absolute atomic E-state index is 5.27. The van der Waals surface area contributed by atoms with Crippen molar-refractivity contribution in [2.75, 3.05) is 9.80 Å². The molecule has 0 spiro atoms. The van der Waals surface area contributed by atoms with Gasteiger partial charge in [0.1, 0.15) is 0 Å². The zero-order chi connectivity index (χ0) is 34.4. The molecule has 50 heavy (non-hydrogen) atoms. The van der Waals surface area contributed by atoms with Gasteiger partial charge in [0, 0.05) is 39.8 Å². The molecule has 0 fully saturated rings. The first-order valence-electron chi connectivity index (χ1n) is 17.7. The Morgan fingerprint density at radius 1 is 0.540 bits per heavy atom. The van der Waals surface area contributed by atoms with E-state index in [1.165, 1.54) is 39.1 Å². The van der Waals surface area contributed by atoms with E-state index in [1.54, 1.807) is 0 Å². The fourth-order valence-corrected chi connectivity index (χ4v) is 7.90. The summed E-state index contributed by atoms with van der Waals surface area (Å²) in [7, 11) is 0. The van der Waals surface area contributed by atoms with Gasteiger partial charge in [-0.1, -0.05) is 108 Å². The maximum atomic E-state index is 5.27. The van der Waals surface area contributed by atoms with Crippen LogP contribution in [-0.2, 0) is 10.8 Å². The standard InChI is InChI=1S/C45H41BN4/c1-44(2,3)30-19-23-33(24-20-30)48(34-25-21-31(22-26-34)45(4,5)6)35-27-28-36-41(29-35)49(32-13-8-7-9-14-32)39-17-12-18-40-42(39)46(36)43-47-37-15-10-11-16-38(37)50(40)43/h7-29H,1-6H3. The molecule has 0 saturated carbocycles. The van der Waals surface area contributed by atoms with E-state index in [-0.39, 0.29) is 17.5 Å². The van der Waals surface area contributed by atoms with Crippen molar-refractivity contribution in [3.63, 3.8) is 0 Å². The quantitative estimate of drug-likeness (QED) is 0.178. The molecule has 0 N–H and O–H groups in total. The van der Waals surface area contributed by atoms with Crippen LogP contribution < -0.4 is 26.4 Å². The number of fused-ring (bicyclic) bond motifs is 7. The van der Waals surface area contributed by atoms with Crippen molar-refractivity contribution in [2.45, 2.75) is 52.4 Å². The van der Waals surface area contributed by atoms with Crippen LogP contribution in [0.25, 0.3) is 16.7 Å². The second-order valence-corrected chi connectivity index (χ2v) is 15.8. The molecule has 2 aliphatic rings. The molecule has 7 aromatic rings. The lowest BCUT2D eigenvalue weighted by Crippen LogP contribution is -2.55. The molecule has 2 aliphatic heterocycles. The van der Waals surface area contributed by atoms with Crippen LogP contribution in [0.1, 0.15) is 52.7 Å². The SMILES string of the molecule is CC(C)(C)c1ccc(N(c2ccc(C(C)(C)C)cc2)c2ccc3c(c2)N(c2ccccc2)c2cccc4c2B3c2nc3ccccc3n2-4)cc1. The predicted octanol–water partition coefficient (Wildman–Crippen LogP) is 9.70. The number of aromatic nitrogens is 2. The lowest BCUT2D eigenvalue weighted by Gasteiger charge is -2.36. The molecule has 4 nitrogen and oxygen atoms in total. The Morgan fingerprint density at radius 3 is 1.76 bits per heavy atom. The second kappa shape index (κ2) is 11.0. The van der Waals surface area contributed by atoms with Gasteiger partial charge < -0.3 is 14.4 Å². The number of hydrogen-bond donors (Lipinski definition) is 0. The molecule has 9 rings (SSSR count). The van der Waals surface area contributed by atoms with Gasteiger partial charge in [-0.2, -0.15) is 0 Å². The van der Waals surface area contributed by atoms with Gasteiger partial charge in [0.05, 0.1) is 16.8 Å². The summed E-state index contributed by atoms with van der Waals surface area (Å²) < 4.78 is 2.38. The van der Waals surface area contributed by atoms with Crippen LogP contribution in [0.5, 0.6) is 0 Å². The summed E-state index contributed by atoms with van der Waals surface area (Å²) in [5, 5.41) is 0. The Balaban J connectivity index is 1.27.